The minimum absolute atomic E-state index is 0.00811. The first-order valence-electron chi connectivity index (χ1n) is 10.6. The highest BCUT2D eigenvalue weighted by atomic mass is 32.1. The largest absolute Gasteiger partial charge is 0.352 e. The minimum atomic E-state index is -0.00811. The van der Waals surface area contributed by atoms with Gasteiger partial charge in [0.15, 0.2) is 0 Å². The molecule has 0 bridgehead atoms. The van der Waals surface area contributed by atoms with Crippen molar-refractivity contribution in [2.75, 3.05) is 19.6 Å². The molecule has 4 nitrogen and oxygen atoms in total. The van der Waals surface area contributed by atoms with Gasteiger partial charge in [0, 0.05) is 23.0 Å². The molecule has 2 aromatic carbocycles. The van der Waals surface area contributed by atoms with Crippen molar-refractivity contribution < 1.29 is 4.79 Å². The Morgan fingerprint density at radius 2 is 2.10 bits per heavy atom. The lowest BCUT2D eigenvalue weighted by Gasteiger charge is -2.32. The number of unbranched alkanes of at least 4 members (excludes halogenated alkanes) is 1. The van der Waals surface area contributed by atoms with Crippen LogP contribution in [0.2, 0.25) is 0 Å². The molecule has 4 rings (SSSR count). The molecule has 0 spiro atoms. The molecule has 0 aliphatic heterocycles. The summed E-state index contributed by atoms with van der Waals surface area (Å²) in [5, 5.41) is 5.29. The number of fused-ring (bicyclic) bond motifs is 2. The molecule has 30 heavy (non-hydrogen) atoms. The number of hydrogen-bond donors (Lipinski definition) is 1. The molecule has 154 valence electrons. The van der Waals surface area contributed by atoms with E-state index >= 15 is 0 Å². The molecule has 0 fully saturated rings. The van der Waals surface area contributed by atoms with Gasteiger partial charge in [-0.25, -0.2) is 4.98 Å². The molecule has 1 amide bonds. The van der Waals surface area contributed by atoms with Crippen LogP contribution in [0.5, 0.6) is 0 Å². The van der Waals surface area contributed by atoms with E-state index in [2.05, 4.69) is 27.2 Å². The molecule has 0 saturated heterocycles. The number of carbonyl (C=O) groups excluding carboxylic acids is 1. The zero-order valence-corrected chi connectivity index (χ0v) is 18.0. The summed E-state index contributed by atoms with van der Waals surface area (Å²) in [5.41, 5.74) is 3.94. The summed E-state index contributed by atoms with van der Waals surface area (Å²) >= 11 is 1.76. The van der Waals surface area contributed by atoms with Gasteiger partial charge in [-0.05, 0) is 61.6 Å². The van der Waals surface area contributed by atoms with Gasteiger partial charge < -0.3 is 5.32 Å². The van der Waals surface area contributed by atoms with Crippen LogP contribution in [0.25, 0.3) is 10.8 Å². The van der Waals surface area contributed by atoms with Crippen molar-refractivity contribution in [1.82, 2.24) is 15.2 Å². The molecule has 0 radical (unpaired) electrons. The second kappa shape index (κ2) is 9.88. The van der Waals surface area contributed by atoms with E-state index in [9.17, 15) is 4.79 Å². The third kappa shape index (κ3) is 4.89. The number of carbonyl (C=O) groups is 1. The van der Waals surface area contributed by atoms with Gasteiger partial charge in [0.2, 0.25) is 0 Å². The van der Waals surface area contributed by atoms with E-state index in [1.54, 1.807) is 11.3 Å². The third-order valence-electron chi connectivity index (χ3n) is 5.84. The first kappa shape index (κ1) is 20.6. The van der Waals surface area contributed by atoms with Crippen LogP contribution in [0.4, 0.5) is 0 Å². The SMILES string of the molecule is C#CCN(CCCCNC(=O)c1ccc2ccccc2c1)C1CCc2ncsc2C1. The van der Waals surface area contributed by atoms with E-state index in [1.165, 1.54) is 10.6 Å². The first-order valence-corrected chi connectivity index (χ1v) is 11.5. The highest BCUT2D eigenvalue weighted by molar-refractivity contribution is 7.09. The summed E-state index contributed by atoms with van der Waals surface area (Å²) in [6.45, 7) is 2.33. The predicted molar refractivity (Wildman–Crippen MR) is 124 cm³/mol. The topological polar surface area (TPSA) is 45.2 Å². The first-order chi connectivity index (χ1) is 14.7. The number of thiazole rings is 1. The molecule has 1 N–H and O–H groups in total. The molecular formula is C25H27N3OS. The van der Waals surface area contributed by atoms with E-state index in [4.69, 9.17) is 6.42 Å². The van der Waals surface area contributed by atoms with Gasteiger partial charge in [0.1, 0.15) is 0 Å². The lowest BCUT2D eigenvalue weighted by atomic mass is 9.96. The maximum Gasteiger partial charge on any atom is 0.251 e. The molecule has 1 unspecified atom stereocenters. The Hall–Kier alpha value is -2.68. The maximum atomic E-state index is 12.5. The molecule has 1 aliphatic carbocycles. The molecular weight excluding hydrogens is 390 g/mol. The quantitative estimate of drug-likeness (QED) is 0.439. The number of benzene rings is 2. The fraction of sp³-hybridized carbons (Fsp3) is 0.360. The van der Waals surface area contributed by atoms with Gasteiger partial charge in [0.05, 0.1) is 17.7 Å². The average Bonchev–Trinajstić information content (AvgIpc) is 3.25. The number of rotatable bonds is 8. The maximum absolute atomic E-state index is 12.5. The number of nitrogens with one attached hydrogen (secondary N) is 1. The van der Waals surface area contributed by atoms with Crippen LogP contribution < -0.4 is 5.32 Å². The molecule has 0 saturated carbocycles. The molecule has 3 aromatic rings. The smallest absolute Gasteiger partial charge is 0.251 e. The highest BCUT2D eigenvalue weighted by Gasteiger charge is 2.25. The van der Waals surface area contributed by atoms with Crippen LogP contribution in [0.15, 0.2) is 48.0 Å². The number of nitrogens with zero attached hydrogens (tertiary/aromatic N) is 2. The van der Waals surface area contributed by atoms with Crippen LogP contribution in [0.3, 0.4) is 0 Å². The van der Waals surface area contributed by atoms with Crippen molar-refractivity contribution in [2.24, 2.45) is 0 Å². The van der Waals surface area contributed by atoms with Gasteiger partial charge in [-0.15, -0.1) is 17.8 Å². The van der Waals surface area contributed by atoms with E-state index in [0.717, 1.165) is 49.4 Å². The Morgan fingerprint density at radius 3 is 2.97 bits per heavy atom. The summed E-state index contributed by atoms with van der Waals surface area (Å²) in [5.74, 6) is 2.81. The van der Waals surface area contributed by atoms with Crippen LogP contribution in [0.1, 0.15) is 40.2 Å². The van der Waals surface area contributed by atoms with Gasteiger partial charge in [-0.3, -0.25) is 9.69 Å². The van der Waals surface area contributed by atoms with Crippen molar-refractivity contribution in [3.63, 3.8) is 0 Å². The van der Waals surface area contributed by atoms with Crippen molar-refractivity contribution in [3.05, 3.63) is 64.1 Å². The Kier molecular flexibility index (Phi) is 6.78. The van der Waals surface area contributed by atoms with Crippen LogP contribution in [-0.4, -0.2) is 41.5 Å². The highest BCUT2D eigenvalue weighted by Crippen LogP contribution is 2.26. The Labute approximate surface area is 182 Å². The summed E-state index contributed by atoms with van der Waals surface area (Å²) in [6, 6.07) is 14.4. The van der Waals surface area contributed by atoms with E-state index < -0.39 is 0 Å². The monoisotopic (exact) mass is 417 g/mol. The summed E-state index contributed by atoms with van der Waals surface area (Å²) < 4.78 is 0. The molecule has 1 heterocycles. The number of aryl methyl sites for hydroxylation is 1. The lowest BCUT2D eigenvalue weighted by Crippen LogP contribution is -2.40. The lowest BCUT2D eigenvalue weighted by molar-refractivity contribution is 0.0952. The van der Waals surface area contributed by atoms with E-state index in [0.29, 0.717) is 24.7 Å². The zero-order chi connectivity index (χ0) is 20.8. The fourth-order valence-electron chi connectivity index (χ4n) is 4.18. The van der Waals surface area contributed by atoms with Crippen LogP contribution in [-0.2, 0) is 12.8 Å². The van der Waals surface area contributed by atoms with Crippen molar-refractivity contribution in [1.29, 1.82) is 0 Å². The fourth-order valence-corrected chi connectivity index (χ4v) is 5.06. The van der Waals surface area contributed by atoms with Crippen LogP contribution in [0, 0.1) is 12.3 Å². The second-order valence-electron chi connectivity index (χ2n) is 7.82. The van der Waals surface area contributed by atoms with E-state index in [1.807, 2.05) is 41.9 Å². The molecule has 5 heteroatoms. The summed E-state index contributed by atoms with van der Waals surface area (Å²) in [7, 11) is 0. The van der Waals surface area contributed by atoms with Crippen molar-refractivity contribution in [2.45, 2.75) is 38.1 Å². The number of hydrogen-bond acceptors (Lipinski definition) is 4. The Morgan fingerprint density at radius 1 is 1.23 bits per heavy atom. The Balaban J connectivity index is 1.23. The van der Waals surface area contributed by atoms with Gasteiger partial charge >= 0.3 is 0 Å². The average molecular weight is 418 g/mol. The van der Waals surface area contributed by atoms with Gasteiger partial charge in [-0.2, -0.15) is 0 Å². The van der Waals surface area contributed by atoms with Gasteiger partial charge in [-0.1, -0.05) is 36.3 Å². The molecule has 1 aromatic heterocycles. The van der Waals surface area contributed by atoms with Crippen LogP contribution >= 0.6 is 11.3 Å². The summed E-state index contributed by atoms with van der Waals surface area (Å²) in [4.78, 5) is 20.8. The van der Waals surface area contributed by atoms with Crippen molar-refractivity contribution in [3.8, 4) is 12.3 Å². The molecule has 1 atom stereocenters. The Bertz CT molecular complexity index is 1050. The third-order valence-corrected chi connectivity index (χ3v) is 6.74. The predicted octanol–water partition coefficient (Wildman–Crippen LogP) is 4.30. The van der Waals surface area contributed by atoms with Crippen molar-refractivity contribution >= 4 is 28.0 Å². The van der Waals surface area contributed by atoms with Gasteiger partial charge in [0.25, 0.3) is 5.91 Å². The van der Waals surface area contributed by atoms with E-state index in [-0.39, 0.29) is 5.91 Å². The zero-order valence-electron chi connectivity index (χ0n) is 17.1. The number of amides is 1. The second-order valence-corrected chi connectivity index (χ2v) is 8.76. The number of terminal acetylenes is 1. The molecule has 1 aliphatic rings. The number of aromatic nitrogens is 1. The standard InChI is InChI=1S/C25H27N3OS/c1-2-14-28(22-11-12-23-24(17-22)30-18-27-23)15-6-5-13-26-25(29)21-10-9-19-7-3-4-8-20(19)16-21/h1,3-4,7-10,16,18,22H,5-6,11-15,17H2,(H,26,29). The normalized spacial score (nSPS) is 15.7. The summed E-state index contributed by atoms with van der Waals surface area (Å²) in [6.07, 6.45) is 10.8. The minimum Gasteiger partial charge on any atom is -0.352 e.